The van der Waals surface area contributed by atoms with Gasteiger partial charge in [0, 0.05) is 28.4 Å². The number of fused-ring (bicyclic) bond motifs is 3. The van der Waals surface area contributed by atoms with E-state index in [4.69, 9.17) is 37.4 Å². The van der Waals surface area contributed by atoms with E-state index in [1.165, 1.54) is 29.4 Å². The molecule has 284 valence electrons. The first-order chi connectivity index (χ1) is 26.0. The Balaban J connectivity index is 1.34. The number of alkyl halides is 2. The number of carboxylic acids is 1. The van der Waals surface area contributed by atoms with Gasteiger partial charge in [-0.3, -0.25) is 15.0 Å². The van der Waals surface area contributed by atoms with Crippen molar-refractivity contribution in [3.63, 3.8) is 0 Å². The van der Waals surface area contributed by atoms with Crippen molar-refractivity contribution in [3.8, 4) is 11.5 Å². The van der Waals surface area contributed by atoms with Gasteiger partial charge in [-0.05, 0) is 104 Å². The lowest BCUT2D eigenvalue weighted by Gasteiger charge is -2.44. The number of amides is 1. The van der Waals surface area contributed by atoms with Crippen molar-refractivity contribution < 1.29 is 47.6 Å². The molecular weight excluding hydrogens is 743 g/mol. The summed E-state index contributed by atoms with van der Waals surface area (Å²) in [7, 11) is 0. The van der Waals surface area contributed by atoms with Crippen molar-refractivity contribution in [1.29, 1.82) is 0 Å². The lowest BCUT2D eigenvalue weighted by atomic mass is 9.80. The molecule has 14 heteroatoms. The second kappa shape index (κ2) is 16.4. The Bertz CT molecular complexity index is 1970. The number of aromatic carboxylic acids is 1. The number of ether oxygens (including phenoxy) is 3. The second-order valence-corrected chi connectivity index (χ2v) is 14.9. The molecule has 4 aromatic rings. The Morgan fingerprint density at radius 1 is 0.944 bits per heavy atom. The third kappa shape index (κ3) is 8.66. The SMILES string of the molecule is O=C(O)c1cccc(CN(C(=O)O[C@H]2CN3CCC2CC3)c2ccccc2)c1[C@@H](Cc1c(Cl)c[n+](O)cc1Cl)c1ccc(OC(F)F)c(OCC2CC2)c1. The smallest absolute Gasteiger partial charge is 0.414 e. The Morgan fingerprint density at radius 2 is 1.67 bits per heavy atom. The molecular formula is C40H40Cl2F2N3O7+. The molecule has 4 fully saturated rings. The summed E-state index contributed by atoms with van der Waals surface area (Å²) >= 11 is 13.3. The fraction of sp³-hybridized carbons (Fsp3) is 0.375. The first kappa shape index (κ1) is 37.7. The summed E-state index contributed by atoms with van der Waals surface area (Å²) in [5, 5.41) is 21.0. The number of benzene rings is 3. The van der Waals surface area contributed by atoms with Gasteiger partial charge in [0.1, 0.15) is 16.1 Å². The van der Waals surface area contributed by atoms with Crippen LogP contribution in [0.3, 0.4) is 0 Å². The van der Waals surface area contributed by atoms with Gasteiger partial charge in [0.15, 0.2) is 11.5 Å². The minimum Gasteiger partial charge on any atom is -0.489 e. The van der Waals surface area contributed by atoms with Gasteiger partial charge >= 0.3 is 18.7 Å². The number of hydrogen-bond acceptors (Lipinski definition) is 7. The van der Waals surface area contributed by atoms with E-state index >= 15 is 0 Å². The Kier molecular flexibility index (Phi) is 11.4. The maximum atomic E-state index is 14.2. The maximum absolute atomic E-state index is 14.2. The summed E-state index contributed by atoms with van der Waals surface area (Å²) < 4.78 is 44.8. The van der Waals surface area contributed by atoms with Gasteiger partial charge in [-0.25, -0.2) is 9.59 Å². The minimum atomic E-state index is -3.11. The molecule has 1 aliphatic carbocycles. The molecule has 3 aromatic carbocycles. The van der Waals surface area contributed by atoms with E-state index in [1.54, 1.807) is 48.5 Å². The van der Waals surface area contributed by atoms with Crippen molar-refractivity contribution in [2.75, 3.05) is 31.1 Å². The largest absolute Gasteiger partial charge is 0.489 e. The predicted octanol–water partition coefficient (Wildman–Crippen LogP) is 8.22. The summed E-state index contributed by atoms with van der Waals surface area (Å²) in [4.78, 5) is 31.1. The van der Waals surface area contributed by atoms with E-state index in [-0.39, 0.29) is 52.1 Å². The molecule has 4 aliphatic rings. The van der Waals surface area contributed by atoms with Crippen LogP contribution in [0, 0.1) is 11.8 Å². The highest BCUT2D eigenvalue weighted by molar-refractivity contribution is 6.35. The fourth-order valence-electron chi connectivity index (χ4n) is 7.49. The number of aromatic nitrogens is 1. The average molecular weight is 784 g/mol. The van der Waals surface area contributed by atoms with Crippen LogP contribution in [-0.2, 0) is 17.7 Å². The van der Waals surface area contributed by atoms with Crippen LogP contribution >= 0.6 is 23.2 Å². The number of carboxylic acid groups (broad SMARTS) is 1. The second-order valence-electron chi connectivity index (χ2n) is 14.1. The number of pyridine rings is 1. The predicted molar refractivity (Wildman–Crippen MR) is 196 cm³/mol. The van der Waals surface area contributed by atoms with Gasteiger partial charge in [-0.15, -0.1) is 0 Å². The number of carbonyl (C=O) groups excluding carboxylic acids is 1. The van der Waals surface area contributed by atoms with Gasteiger partial charge in [0.2, 0.25) is 12.4 Å². The number of rotatable bonds is 14. The summed E-state index contributed by atoms with van der Waals surface area (Å²) in [6, 6.07) is 18.4. The van der Waals surface area contributed by atoms with E-state index < -0.39 is 24.6 Å². The summed E-state index contributed by atoms with van der Waals surface area (Å²) in [6.45, 7) is -0.267. The monoisotopic (exact) mass is 782 g/mol. The van der Waals surface area contributed by atoms with Crippen LogP contribution in [0.5, 0.6) is 11.5 Å². The first-order valence-electron chi connectivity index (χ1n) is 17.9. The Morgan fingerprint density at radius 3 is 2.30 bits per heavy atom. The Hall–Kier alpha value is -4.65. The number of carbonyl (C=O) groups is 2. The van der Waals surface area contributed by atoms with Crippen LogP contribution in [0.2, 0.25) is 10.0 Å². The number of nitrogens with zero attached hydrogens (tertiary/aromatic N) is 3. The highest BCUT2D eigenvalue weighted by Crippen LogP contribution is 2.42. The number of halogens is 4. The van der Waals surface area contributed by atoms with Gasteiger partial charge in [-0.2, -0.15) is 8.78 Å². The molecule has 2 atom stereocenters. The highest BCUT2D eigenvalue weighted by Gasteiger charge is 2.38. The zero-order valence-corrected chi connectivity index (χ0v) is 30.8. The molecule has 2 N–H and O–H groups in total. The standard InChI is InChI=1S/C40H39Cl2F2N3O7/c41-32-20-46(51)21-33(42)31(32)18-30(26-11-12-34(53-39(43)44)35(17-26)52-23-24-9-10-24)37-27(5-4-8-29(37)38(48)49)19-47(28-6-2-1-3-7-28)40(50)54-36-22-45-15-13-25(36)14-16-45/h1-8,11-12,17,20-21,24-25,30,36,39H,9-10,13-16,18-19,22-23H2,(H-,48,49,51)/p+1/t30-,36-/m0/s1. The lowest BCUT2D eigenvalue weighted by Crippen LogP contribution is -2.53. The van der Waals surface area contributed by atoms with Gasteiger partial charge in [-0.1, -0.05) is 59.6 Å². The molecule has 3 saturated heterocycles. The van der Waals surface area contributed by atoms with Gasteiger partial charge in [0.05, 0.1) is 18.7 Å². The highest BCUT2D eigenvalue weighted by atomic mass is 35.5. The summed E-state index contributed by atoms with van der Waals surface area (Å²) in [6.07, 6.45) is 5.51. The van der Waals surface area contributed by atoms with Crippen LogP contribution in [0.25, 0.3) is 0 Å². The fourth-order valence-corrected chi connectivity index (χ4v) is 8.10. The normalized spacial score (nSPS) is 19.7. The topological polar surface area (TPSA) is 113 Å². The zero-order valence-electron chi connectivity index (χ0n) is 29.3. The zero-order chi connectivity index (χ0) is 37.9. The third-order valence-corrected chi connectivity index (χ3v) is 11.1. The van der Waals surface area contributed by atoms with Crippen LogP contribution in [0.4, 0.5) is 19.3 Å². The van der Waals surface area contributed by atoms with E-state index in [2.05, 4.69) is 4.90 Å². The van der Waals surface area contributed by atoms with Crippen LogP contribution in [0.15, 0.2) is 79.1 Å². The van der Waals surface area contributed by atoms with E-state index in [1.807, 2.05) is 6.07 Å². The molecule has 1 saturated carbocycles. The molecule has 4 heterocycles. The molecule has 1 amide bonds. The van der Waals surface area contributed by atoms with Gasteiger partial charge < -0.3 is 19.3 Å². The Labute approximate surface area is 321 Å². The minimum absolute atomic E-state index is 0.0162. The maximum Gasteiger partial charge on any atom is 0.414 e. The number of para-hydroxylation sites is 1. The van der Waals surface area contributed by atoms with Crippen LogP contribution in [-0.4, -0.2) is 66.2 Å². The van der Waals surface area contributed by atoms with Crippen LogP contribution < -0.4 is 19.1 Å². The molecule has 3 aliphatic heterocycles. The number of piperidine rings is 3. The lowest BCUT2D eigenvalue weighted by molar-refractivity contribution is -0.904. The van der Waals surface area contributed by atoms with E-state index in [0.717, 1.165) is 43.5 Å². The molecule has 0 radical (unpaired) electrons. The van der Waals surface area contributed by atoms with Gasteiger partial charge in [0.25, 0.3) is 0 Å². The van der Waals surface area contributed by atoms with Crippen molar-refractivity contribution in [3.05, 3.63) is 117 Å². The molecule has 2 bridgehead atoms. The molecule has 8 rings (SSSR count). The van der Waals surface area contributed by atoms with E-state index in [9.17, 15) is 28.7 Å². The first-order valence-corrected chi connectivity index (χ1v) is 18.7. The average Bonchev–Trinajstić information content (AvgIpc) is 3.99. The van der Waals surface area contributed by atoms with E-state index in [0.29, 0.717) is 47.0 Å². The summed E-state index contributed by atoms with van der Waals surface area (Å²) in [5.41, 5.74) is 2.22. The number of anilines is 1. The molecule has 54 heavy (non-hydrogen) atoms. The van der Waals surface area contributed by atoms with Crippen molar-refractivity contribution in [2.24, 2.45) is 11.8 Å². The van der Waals surface area contributed by atoms with Crippen molar-refractivity contribution in [2.45, 2.75) is 57.3 Å². The third-order valence-electron chi connectivity index (χ3n) is 10.5. The van der Waals surface area contributed by atoms with Crippen LogP contribution in [0.1, 0.15) is 64.2 Å². The molecule has 0 spiro atoms. The molecule has 1 aromatic heterocycles. The van der Waals surface area contributed by atoms with Crippen molar-refractivity contribution in [1.82, 2.24) is 4.90 Å². The van der Waals surface area contributed by atoms with Crippen molar-refractivity contribution >= 4 is 41.0 Å². The quantitative estimate of drug-likeness (QED) is 0.0973. The molecule has 10 nitrogen and oxygen atoms in total. The summed E-state index contributed by atoms with van der Waals surface area (Å²) in [5.74, 6) is -1.60. The molecule has 0 unspecified atom stereocenters. The number of hydrogen-bond donors (Lipinski definition) is 2.